The summed E-state index contributed by atoms with van der Waals surface area (Å²) >= 11 is 0. The molecule has 4 rings (SSSR count). The number of nitrogens with one attached hydrogen (secondary N) is 1. The molecule has 45 heavy (non-hydrogen) atoms. The van der Waals surface area contributed by atoms with Crippen LogP contribution in [-0.2, 0) is 16.1 Å². The molecule has 1 aliphatic heterocycles. The molecule has 1 aliphatic rings. The average Bonchev–Trinajstić information content (AvgIpc) is 3.25. The summed E-state index contributed by atoms with van der Waals surface area (Å²) in [6.45, 7) is -1.58. The van der Waals surface area contributed by atoms with Crippen molar-refractivity contribution >= 4 is 17.5 Å². The van der Waals surface area contributed by atoms with Gasteiger partial charge in [0.1, 0.15) is 34.9 Å². The summed E-state index contributed by atoms with van der Waals surface area (Å²) < 4.78 is 121. The molecule has 1 saturated heterocycles. The minimum absolute atomic E-state index is 0.208. The van der Waals surface area contributed by atoms with Crippen LogP contribution in [0.2, 0.25) is 0 Å². The Balaban J connectivity index is 1.72. The third kappa shape index (κ3) is 7.35. The highest BCUT2D eigenvalue weighted by Crippen LogP contribution is 2.36. The maximum absolute atomic E-state index is 15.2. The summed E-state index contributed by atoms with van der Waals surface area (Å²) in [5.74, 6) is -6.77. The lowest BCUT2D eigenvalue weighted by molar-refractivity contribution is -0.274. The molecule has 0 spiro atoms. The van der Waals surface area contributed by atoms with E-state index in [0.29, 0.717) is 4.57 Å². The molecule has 1 aromatic heterocycles. The second kappa shape index (κ2) is 12.7. The number of nitrogens with zero attached hydrogens (tertiary/aromatic N) is 2. The number of benzene rings is 2. The molecular weight excluding hydrogens is 626 g/mol. The third-order valence-corrected chi connectivity index (χ3v) is 6.91. The first-order valence-electron chi connectivity index (χ1n) is 12.8. The van der Waals surface area contributed by atoms with Gasteiger partial charge in [-0.15, -0.1) is 13.2 Å². The predicted octanol–water partition coefficient (Wildman–Crippen LogP) is 4.54. The number of carbonyl (C=O) groups excluding carboxylic acids is 2. The van der Waals surface area contributed by atoms with Crippen LogP contribution in [0, 0.1) is 11.6 Å². The molecule has 3 aromatic rings. The number of rotatable bonds is 9. The van der Waals surface area contributed by atoms with Gasteiger partial charge >= 0.3 is 12.5 Å². The summed E-state index contributed by atoms with van der Waals surface area (Å²) in [7, 11) is 1.94. The molecule has 0 saturated carbocycles. The van der Waals surface area contributed by atoms with E-state index in [1.165, 1.54) is 6.07 Å². The van der Waals surface area contributed by atoms with Gasteiger partial charge < -0.3 is 29.0 Å². The Morgan fingerprint density at radius 2 is 1.60 bits per heavy atom. The molecule has 1 fully saturated rings. The highest BCUT2D eigenvalue weighted by molar-refractivity contribution is 6.05. The van der Waals surface area contributed by atoms with Gasteiger partial charge in [-0.05, 0) is 36.4 Å². The van der Waals surface area contributed by atoms with E-state index in [-0.39, 0.29) is 11.3 Å². The molecule has 1 N–H and O–H groups in total. The number of amides is 2. The first-order valence-corrected chi connectivity index (χ1v) is 12.8. The number of hydrogen-bond donors (Lipinski definition) is 1. The second-order valence-electron chi connectivity index (χ2n) is 9.70. The van der Waals surface area contributed by atoms with Crippen molar-refractivity contribution in [3.63, 3.8) is 0 Å². The number of pyridine rings is 1. The van der Waals surface area contributed by atoms with Crippen molar-refractivity contribution in [2.75, 3.05) is 25.7 Å². The number of methoxy groups -OCH3 is 2. The van der Waals surface area contributed by atoms with Gasteiger partial charge in [0.2, 0.25) is 5.91 Å². The molecule has 3 atom stereocenters. The van der Waals surface area contributed by atoms with E-state index in [1.807, 2.05) is 0 Å². The number of carbonyl (C=O) groups is 2. The van der Waals surface area contributed by atoms with Crippen LogP contribution >= 0.6 is 0 Å². The minimum Gasteiger partial charge on any atom is -0.497 e. The zero-order valence-corrected chi connectivity index (χ0v) is 23.2. The van der Waals surface area contributed by atoms with Gasteiger partial charge in [0.05, 0.1) is 13.7 Å². The molecular formula is C28H23F8N3O6. The van der Waals surface area contributed by atoms with Crippen LogP contribution in [0.4, 0.5) is 40.8 Å². The van der Waals surface area contributed by atoms with Crippen molar-refractivity contribution in [1.82, 2.24) is 9.88 Å². The maximum Gasteiger partial charge on any atom is 0.573 e. The summed E-state index contributed by atoms with van der Waals surface area (Å²) in [6, 6.07) is 5.72. The number of hydrogen-bond acceptors (Lipinski definition) is 6. The average molecular weight is 649 g/mol. The Labute approximate surface area is 248 Å². The number of ether oxygens (including phenoxy) is 3. The zero-order valence-electron chi connectivity index (χ0n) is 23.2. The fourth-order valence-electron chi connectivity index (χ4n) is 4.80. The monoisotopic (exact) mass is 649 g/mol. The van der Waals surface area contributed by atoms with E-state index >= 15 is 8.78 Å². The lowest BCUT2D eigenvalue weighted by Crippen LogP contribution is -2.45. The van der Waals surface area contributed by atoms with Crippen LogP contribution in [-0.4, -0.2) is 61.8 Å². The van der Waals surface area contributed by atoms with Crippen LogP contribution in [0.1, 0.15) is 21.8 Å². The molecule has 242 valence electrons. The Morgan fingerprint density at radius 1 is 0.978 bits per heavy atom. The standard InChI is InChI=1S/C28H23F8N3O6/c1-43-16-10-18(29)22(19(30)11-16)17-12-39(20-4-3-9-38(25(20)41)13-21(44-2)27(31,32)33)26(42)23(17)37-24(40)14-5-7-15(8-6-14)45-28(34,35)36/h3-11,17,21,23H,12-13H2,1-2H3,(H,37,40)/t17-,21?,23-/m0/s1. The lowest BCUT2D eigenvalue weighted by atomic mass is 9.92. The van der Waals surface area contributed by atoms with Gasteiger partial charge in [0.15, 0.2) is 6.10 Å². The summed E-state index contributed by atoms with van der Waals surface area (Å²) in [4.78, 5) is 40.7. The van der Waals surface area contributed by atoms with Crippen molar-refractivity contribution < 1.29 is 58.9 Å². The van der Waals surface area contributed by atoms with Gasteiger partial charge in [0, 0.05) is 49.0 Å². The first-order chi connectivity index (χ1) is 21.0. The second-order valence-corrected chi connectivity index (χ2v) is 9.70. The van der Waals surface area contributed by atoms with E-state index in [2.05, 4.69) is 14.8 Å². The van der Waals surface area contributed by atoms with Crippen LogP contribution in [0.3, 0.4) is 0 Å². The predicted molar refractivity (Wildman–Crippen MR) is 140 cm³/mol. The highest BCUT2D eigenvalue weighted by Gasteiger charge is 2.46. The van der Waals surface area contributed by atoms with Crippen molar-refractivity contribution in [3.8, 4) is 11.5 Å². The van der Waals surface area contributed by atoms with Gasteiger partial charge in [-0.1, -0.05) is 0 Å². The van der Waals surface area contributed by atoms with E-state index in [9.17, 15) is 40.7 Å². The number of anilines is 1. The number of halogens is 8. The molecule has 2 heterocycles. The largest absolute Gasteiger partial charge is 0.573 e. The quantitative estimate of drug-likeness (QED) is 0.342. The Bertz CT molecular complexity index is 1600. The van der Waals surface area contributed by atoms with Crippen LogP contribution in [0.5, 0.6) is 11.5 Å². The fourth-order valence-corrected chi connectivity index (χ4v) is 4.80. The van der Waals surface area contributed by atoms with Gasteiger partial charge in [-0.3, -0.25) is 14.4 Å². The molecule has 17 heteroatoms. The van der Waals surface area contributed by atoms with Crippen molar-refractivity contribution in [2.45, 2.75) is 37.1 Å². The van der Waals surface area contributed by atoms with Crippen molar-refractivity contribution in [1.29, 1.82) is 0 Å². The Kier molecular flexibility index (Phi) is 9.41. The van der Waals surface area contributed by atoms with E-state index in [1.54, 1.807) is 0 Å². The molecule has 2 amide bonds. The first kappa shape index (κ1) is 33.2. The molecule has 9 nitrogen and oxygen atoms in total. The lowest BCUT2D eigenvalue weighted by Gasteiger charge is -2.21. The maximum atomic E-state index is 15.2. The van der Waals surface area contributed by atoms with Crippen LogP contribution in [0.25, 0.3) is 0 Å². The molecule has 1 unspecified atom stereocenters. The number of alkyl halides is 6. The molecule has 0 bridgehead atoms. The Morgan fingerprint density at radius 3 is 2.13 bits per heavy atom. The summed E-state index contributed by atoms with van der Waals surface area (Å²) in [5, 5.41) is 2.30. The van der Waals surface area contributed by atoms with Gasteiger partial charge in [-0.2, -0.15) is 13.2 Å². The third-order valence-electron chi connectivity index (χ3n) is 6.91. The van der Waals surface area contributed by atoms with E-state index in [0.717, 1.165) is 67.8 Å². The summed E-state index contributed by atoms with van der Waals surface area (Å²) in [6.07, 6.45) is -11.2. The van der Waals surface area contributed by atoms with Crippen molar-refractivity contribution in [2.24, 2.45) is 0 Å². The van der Waals surface area contributed by atoms with Gasteiger partial charge in [0.25, 0.3) is 11.5 Å². The van der Waals surface area contributed by atoms with Crippen molar-refractivity contribution in [3.05, 3.63) is 87.8 Å². The van der Waals surface area contributed by atoms with Gasteiger partial charge in [-0.25, -0.2) is 8.78 Å². The normalized spacial score (nSPS) is 17.7. The van der Waals surface area contributed by atoms with Crippen LogP contribution in [0.15, 0.2) is 59.5 Å². The Hall–Kier alpha value is -4.67. The smallest absolute Gasteiger partial charge is 0.497 e. The number of aromatic nitrogens is 1. The SMILES string of the molecule is COc1cc(F)c([C@@H]2CN(c3cccn(CC(OC)C(F)(F)F)c3=O)C(=O)[C@H]2NC(=O)c2ccc(OC(F)(F)F)cc2)c(F)c1. The summed E-state index contributed by atoms with van der Waals surface area (Å²) in [5.41, 5.74) is -2.45. The zero-order chi connectivity index (χ0) is 33.3. The van der Waals surface area contributed by atoms with E-state index in [4.69, 9.17) is 4.74 Å². The highest BCUT2D eigenvalue weighted by atomic mass is 19.4. The fraction of sp³-hybridized carbons (Fsp3) is 0.321. The molecule has 0 aliphatic carbocycles. The molecule has 2 aromatic carbocycles. The minimum atomic E-state index is -5.00. The van der Waals surface area contributed by atoms with E-state index < -0.39 is 89.7 Å². The topological polar surface area (TPSA) is 99.1 Å². The molecule has 0 radical (unpaired) electrons. The van der Waals surface area contributed by atoms with Crippen LogP contribution < -0.4 is 25.2 Å².